The summed E-state index contributed by atoms with van der Waals surface area (Å²) in [6.07, 6.45) is 10.4. The average Bonchev–Trinajstić information content (AvgIpc) is 3.35. The fourth-order valence-electron chi connectivity index (χ4n) is 6.64. The van der Waals surface area contributed by atoms with Crippen LogP contribution in [0.1, 0.15) is 77.3 Å². The third kappa shape index (κ3) is 8.26. The normalized spacial score (nSPS) is 17.3. The van der Waals surface area contributed by atoms with Crippen molar-refractivity contribution in [2.45, 2.75) is 77.0 Å². The summed E-state index contributed by atoms with van der Waals surface area (Å²) in [5, 5.41) is 6.37. The number of carbonyl (C=O) groups is 1. The van der Waals surface area contributed by atoms with E-state index >= 15 is 0 Å². The van der Waals surface area contributed by atoms with Crippen molar-refractivity contribution in [1.82, 2.24) is 5.32 Å². The van der Waals surface area contributed by atoms with Crippen LogP contribution in [0.4, 0.5) is 11.4 Å². The van der Waals surface area contributed by atoms with Crippen LogP contribution in [0.25, 0.3) is 10.4 Å². The zero-order chi connectivity index (χ0) is 33.4. The van der Waals surface area contributed by atoms with E-state index in [1.807, 2.05) is 12.1 Å². The van der Waals surface area contributed by atoms with E-state index < -0.39 is 15.9 Å². The van der Waals surface area contributed by atoms with Crippen LogP contribution in [0.5, 0.6) is 0 Å². The van der Waals surface area contributed by atoms with Crippen LogP contribution >= 0.6 is 0 Å². The Labute approximate surface area is 273 Å². The van der Waals surface area contributed by atoms with Crippen molar-refractivity contribution in [2.24, 2.45) is 5.11 Å². The molecule has 0 aromatic heterocycles. The van der Waals surface area contributed by atoms with E-state index in [1.165, 1.54) is 22.5 Å². The Balaban J connectivity index is 1.50. The molecule has 4 rings (SSSR count). The molecule has 46 heavy (non-hydrogen) atoms. The van der Waals surface area contributed by atoms with Gasteiger partial charge in [-0.05, 0) is 56.3 Å². The van der Waals surface area contributed by atoms with Gasteiger partial charge in [-0.1, -0.05) is 67.9 Å². The van der Waals surface area contributed by atoms with Crippen LogP contribution in [0.2, 0.25) is 0 Å². The fraction of sp³-hybridized carbons (Fsp3) is 0.486. The number of azide groups is 1. The van der Waals surface area contributed by atoms with Gasteiger partial charge in [-0.25, -0.2) is 8.42 Å². The van der Waals surface area contributed by atoms with Crippen LogP contribution in [0.3, 0.4) is 0 Å². The summed E-state index contributed by atoms with van der Waals surface area (Å²) in [4.78, 5) is 17.3. The van der Waals surface area contributed by atoms with Crippen LogP contribution in [0.15, 0.2) is 77.6 Å². The van der Waals surface area contributed by atoms with E-state index in [0.29, 0.717) is 32.5 Å². The first-order chi connectivity index (χ1) is 21.9. The number of anilines is 1. The first-order valence-electron chi connectivity index (χ1n) is 16.1. The summed E-state index contributed by atoms with van der Waals surface area (Å²) >= 11 is 0. The van der Waals surface area contributed by atoms with Crippen LogP contribution in [-0.2, 0) is 25.7 Å². The monoisotopic (exact) mass is 646 g/mol. The Morgan fingerprint density at radius 2 is 1.72 bits per heavy atom. The van der Waals surface area contributed by atoms with Gasteiger partial charge in [-0.2, -0.15) is 4.58 Å². The molecule has 0 fully saturated rings. The number of allylic oxidation sites excluding steroid dienone is 4. The van der Waals surface area contributed by atoms with Gasteiger partial charge in [0.05, 0.1) is 15.5 Å². The molecular formula is C35H46N6O4S. The molecule has 0 unspecified atom stereocenters. The second kappa shape index (κ2) is 15.1. The molecule has 11 heteroatoms. The van der Waals surface area contributed by atoms with Gasteiger partial charge in [-0.15, -0.1) is 0 Å². The maximum absolute atomic E-state index is 12.2. The van der Waals surface area contributed by atoms with Gasteiger partial charge in [0, 0.05) is 77.6 Å². The van der Waals surface area contributed by atoms with Gasteiger partial charge in [0.2, 0.25) is 11.6 Å². The van der Waals surface area contributed by atoms with E-state index in [4.69, 9.17) is 5.53 Å². The SMILES string of the molecule is CC1(C)C(/C=C/C=C2/N(CCCCCC(=O)NCCCN=[N+]=[N-])c3ccccc3C2(C)C)=[N+](CCCS(=O)(=O)[O-])c2ccccc21. The number of amides is 1. The largest absolute Gasteiger partial charge is 0.748 e. The lowest BCUT2D eigenvalue weighted by molar-refractivity contribution is -0.437. The van der Waals surface area contributed by atoms with Crippen molar-refractivity contribution in [3.05, 3.63) is 94.0 Å². The number of para-hydroxylation sites is 2. The second-order valence-electron chi connectivity index (χ2n) is 13.0. The predicted molar refractivity (Wildman–Crippen MR) is 183 cm³/mol. The standard InChI is InChI=1S/C35H46N6O4S/c1-34(2)27-15-7-9-17-29(27)40(24-11-5-6-21-33(42)37-22-13-23-38-39-36)31(34)19-12-20-32-35(3,4)28-16-8-10-18-30(28)41(32)25-14-26-46(43,44)45/h7-10,12,15-20H,5-6,11,13-14,21-26H2,1-4H3,(H-,37,42,43,44,45). The molecule has 246 valence electrons. The molecule has 10 nitrogen and oxygen atoms in total. The highest BCUT2D eigenvalue weighted by molar-refractivity contribution is 7.85. The van der Waals surface area contributed by atoms with E-state index in [2.05, 4.69) is 107 Å². The molecular weight excluding hydrogens is 600 g/mol. The summed E-state index contributed by atoms with van der Waals surface area (Å²) in [5.41, 5.74) is 14.8. The minimum absolute atomic E-state index is 0.0255. The van der Waals surface area contributed by atoms with Crippen LogP contribution < -0.4 is 10.2 Å². The minimum Gasteiger partial charge on any atom is -0.748 e. The van der Waals surface area contributed by atoms with Crippen molar-refractivity contribution in [3.63, 3.8) is 0 Å². The third-order valence-corrected chi connectivity index (χ3v) is 9.78. The number of carbonyl (C=O) groups excluding carboxylic acids is 1. The number of unbranched alkanes of at least 4 members (excludes halogenated alkanes) is 2. The Hall–Kier alpha value is -3.92. The summed E-state index contributed by atoms with van der Waals surface area (Å²) in [5.74, 6) is -0.365. The highest BCUT2D eigenvalue weighted by atomic mass is 32.2. The van der Waals surface area contributed by atoms with Crippen molar-refractivity contribution in [2.75, 3.05) is 36.8 Å². The second-order valence-corrected chi connectivity index (χ2v) is 14.5. The van der Waals surface area contributed by atoms with Gasteiger partial charge in [-0.3, -0.25) is 4.79 Å². The van der Waals surface area contributed by atoms with Gasteiger partial charge in [0.15, 0.2) is 5.71 Å². The number of benzene rings is 2. The molecule has 0 saturated carbocycles. The summed E-state index contributed by atoms with van der Waals surface area (Å²) in [7, 11) is -4.29. The van der Waals surface area contributed by atoms with E-state index in [9.17, 15) is 17.8 Å². The van der Waals surface area contributed by atoms with Crippen molar-refractivity contribution in [1.29, 1.82) is 0 Å². The Morgan fingerprint density at radius 3 is 2.46 bits per heavy atom. The molecule has 2 aliphatic heterocycles. The molecule has 0 bridgehead atoms. The van der Waals surface area contributed by atoms with Crippen molar-refractivity contribution >= 4 is 33.1 Å². The Morgan fingerprint density at radius 1 is 1.00 bits per heavy atom. The predicted octanol–water partition coefficient (Wildman–Crippen LogP) is 6.61. The average molecular weight is 647 g/mol. The third-order valence-electron chi connectivity index (χ3n) is 8.99. The fourth-order valence-corrected chi connectivity index (χ4v) is 7.12. The first-order valence-corrected chi connectivity index (χ1v) is 17.7. The number of rotatable bonds is 16. The molecule has 0 spiro atoms. The molecule has 0 aliphatic carbocycles. The molecule has 1 amide bonds. The zero-order valence-corrected chi connectivity index (χ0v) is 28.2. The summed E-state index contributed by atoms with van der Waals surface area (Å²) in [6.45, 7) is 11.0. The smallest absolute Gasteiger partial charge is 0.219 e. The van der Waals surface area contributed by atoms with Crippen molar-refractivity contribution in [3.8, 4) is 0 Å². The molecule has 2 aromatic carbocycles. The maximum Gasteiger partial charge on any atom is 0.219 e. The quantitative estimate of drug-likeness (QED) is 0.0545. The molecule has 0 saturated heterocycles. The van der Waals surface area contributed by atoms with E-state index in [1.54, 1.807) is 0 Å². The Bertz CT molecular complexity index is 1670. The zero-order valence-electron chi connectivity index (χ0n) is 27.4. The van der Waals surface area contributed by atoms with Crippen LogP contribution in [-0.4, -0.2) is 61.1 Å². The topological polar surface area (TPSA) is 141 Å². The molecule has 2 aliphatic rings. The van der Waals surface area contributed by atoms with Gasteiger partial charge in [0.25, 0.3) is 0 Å². The minimum atomic E-state index is -4.29. The number of hydrogen-bond donors (Lipinski definition) is 1. The first kappa shape index (κ1) is 34.9. The van der Waals surface area contributed by atoms with Crippen molar-refractivity contribution < 1.29 is 22.3 Å². The molecule has 0 radical (unpaired) electrons. The molecule has 2 heterocycles. The van der Waals surface area contributed by atoms with Gasteiger partial charge < -0.3 is 14.8 Å². The highest BCUT2D eigenvalue weighted by Crippen LogP contribution is 2.48. The Kier molecular flexibility index (Phi) is 11.5. The summed E-state index contributed by atoms with van der Waals surface area (Å²) < 4.78 is 36.2. The summed E-state index contributed by atoms with van der Waals surface area (Å²) in [6, 6.07) is 16.7. The number of nitrogens with one attached hydrogen (secondary N) is 1. The van der Waals surface area contributed by atoms with Gasteiger partial charge in [0.1, 0.15) is 6.54 Å². The molecule has 2 aromatic rings. The molecule has 1 N–H and O–H groups in total. The van der Waals surface area contributed by atoms with Crippen LogP contribution in [0, 0.1) is 0 Å². The number of fused-ring (bicyclic) bond motifs is 2. The van der Waals surface area contributed by atoms with E-state index in [-0.39, 0.29) is 23.2 Å². The molecule has 0 atom stereocenters. The van der Waals surface area contributed by atoms with Gasteiger partial charge >= 0.3 is 0 Å². The number of nitrogens with zero attached hydrogens (tertiary/aromatic N) is 5. The lowest BCUT2D eigenvalue weighted by Crippen LogP contribution is -2.28. The van der Waals surface area contributed by atoms with E-state index in [0.717, 1.165) is 37.2 Å². The number of hydrogen-bond acceptors (Lipinski definition) is 6. The lowest BCUT2D eigenvalue weighted by Gasteiger charge is -2.27. The highest BCUT2D eigenvalue weighted by Gasteiger charge is 2.44. The lowest BCUT2D eigenvalue weighted by atomic mass is 9.81. The maximum atomic E-state index is 12.2.